The number of amides is 3. The molecule has 3 aliphatic heterocycles. The summed E-state index contributed by atoms with van der Waals surface area (Å²) in [6.45, 7) is 2.21. The van der Waals surface area contributed by atoms with E-state index in [2.05, 4.69) is 28.4 Å². The van der Waals surface area contributed by atoms with Gasteiger partial charge in [-0.1, -0.05) is 24.3 Å². The molecule has 2 fully saturated rings. The topological polar surface area (TPSA) is 72.9 Å². The van der Waals surface area contributed by atoms with Crippen molar-refractivity contribution in [1.82, 2.24) is 15.1 Å². The first-order valence-corrected chi connectivity index (χ1v) is 9.92. The van der Waals surface area contributed by atoms with Gasteiger partial charge < -0.3 is 10.4 Å². The number of fused-ring (bicyclic) bond motifs is 1. The predicted octanol–water partition coefficient (Wildman–Crippen LogP) is 0.833. The summed E-state index contributed by atoms with van der Waals surface area (Å²) in [5, 5.41) is 13.3. The number of urea groups is 1. The molecule has 4 rings (SSSR count). The summed E-state index contributed by atoms with van der Waals surface area (Å²) in [5.74, 6) is 1.34. The van der Waals surface area contributed by atoms with Crippen molar-refractivity contribution >= 4 is 23.7 Å². The summed E-state index contributed by atoms with van der Waals surface area (Å²) < 4.78 is 0. The lowest BCUT2D eigenvalue weighted by Gasteiger charge is -2.31. The van der Waals surface area contributed by atoms with Gasteiger partial charge in [-0.2, -0.15) is 11.8 Å². The minimum absolute atomic E-state index is 0.0647. The third-order valence-corrected chi connectivity index (χ3v) is 6.53. The smallest absolute Gasteiger partial charge is 0.325 e. The Balaban J connectivity index is 1.36. The Morgan fingerprint density at radius 2 is 2.04 bits per heavy atom. The molecule has 3 heterocycles. The van der Waals surface area contributed by atoms with Gasteiger partial charge in [0, 0.05) is 25.4 Å². The van der Waals surface area contributed by atoms with Crippen LogP contribution in [0.2, 0.25) is 0 Å². The average molecular weight is 361 g/mol. The van der Waals surface area contributed by atoms with Gasteiger partial charge in [-0.3, -0.25) is 14.6 Å². The van der Waals surface area contributed by atoms with Crippen molar-refractivity contribution in [3.63, 3.8) is 0 Å². The monoisotopic (exact) mass is 361 g/mol. The van der Waals surface area contributed by atoms with Gasteiger partial charge in [0.05, 0.1) is 12.6 Å². The molecule has 2 N–H and O–H groups in total. The number of imide groups is 1. The van der Waals surface area contributed by atoms with Crippen molar-refractivity contribution in [2.45, 2.75) is 31.0 Å². The third kappa shape index (κ3) is 3.16. The molecule has 0 radical (unpaired) electrons. The Labute approximate surface area is 151 Å². The van der Waals surface area contributed by atoms with Crippen molar-refractivity contribution < 1.29 is 14.7 Å². The molecule has 3 aliphatic rings. The van der Waals surface area contributed by atoms with Crippen LogP contribution in [0, 0.1) is 0 Å². The van der Waals surface area contributed by atoms with Gasteiger partial charge in [0.1, 0.15) is 5.54 Å². The zero-order chi connectivity index (χ0) is 17.4. The highest BCUT2D eigenvalue weighted by molar-refractivity contribution is 7.99. The lowest BCUT2D eigenvalue weighted by molar-refractivity contribution is -0.131. The number of aliphatic hydroxyl groups is 1. The molecule has 25 heavy (non-hydrogen) atoms. The number of hydrogen-bond donors (Lipinski definition) is 2. The van der Waals surface area contributed by atoms with Crippen molar-refractivity contribution in [1.29, 1.82) is 0 Å². The molecule has 1 aromatic rings. The fourth-order valence-corrected chi connectivity index (χ4v) is 5.28. The van der Waals surface area contributed by atoms with Crippen LogP contribution < -0.4 is 5.32 Å². The Kier molecular flexibility index (Phi) is 4.47. The van der Waals surface area contributed by atoms with Crippen molar-refractivity contribution in [3.8, 4) is 0 Å². The van der Waals surface area contributed by atoms with E-state index in [-0.39, 0.29) is 18.5 Å². The molecule has 1 spiro atoms. The molecule has 0 aliphatic carbocycles. The summed E-state index contributed by atoms with van der Waals surface area (Å²) >= 11 is 1.69. The van der Waals surface area contributed by atoms with Crippen LogP contribution >= 0.6 is 11.8 Å². The van der Waals surface area contributed by atoms with Crippen LogP contribution in [0.3, 0.4) is 0 Å². The van der Waals surface area contributed by atoms with Crippen molar-refractivity contribution in [3.05, 3.63) is 35.4 Å². The van der Waals surface area contributed by atoms with E-state index < -0.39 is 11.6 Å². The van der Waals surface area contributed by atoms with E-state index in [4.69, 9.17) is 0 Å². The third-order valence-electron chi connectivity index (χ3n) is 5.34. The van der Waals surface area contributed by atoms with Gasteiger partial charge in [0.15, 0.2) is 0 Å². The van der Waals surface area contributed by atoms with Crippen molar-refractivity contribution in [2.24, 2.45) is 0 Å². The highest BCUT2D eigenvalue weighted by atomic mass is 32.2. The van der Waals surface area contributed by atoms with Crippen LogP contribution in [0.25, 0.3) is 0 Å². The van der Waals surface area contributed by atoms with Crippen molar-refractivity contribution in [2.75, 3.05) is 31.1 Å². The molecule has 3 amide bonds. The van der Waals surface area contributed by atoms with Gasteiger partial charge in [-0.15, -0.1) is 0 Å². The molecule has 2 unspecified atom stereocenters. The number of hydrogen-bond acceptors (Lipinski definition) is 5. The number of benzene rings is 1. The van der Waals surface area contributed by atoms with E-state index >= 15 is 0 Å². The maximum absolute atomic E-state index is 12.6. The number of nitrogens with zero attached hydrogens (tertiary/aromatic N) is 2. The second kappa shape index (κ2) is 6.63. The van der Waals surface area contributed by atoms with Gasteiger partial charge in [0.2, 0.25) is 0 Å². The summed E-state index contributed by atoms with van der Waals surface area (Å²) in [7, 11) is 0. The van der Waals surface area contributed by atoms with E-state index in [9.17, 15) is 14.7 Å². The van der Waals surface area contributed by atoms with Crippen LogP contribution in [-0.2, 0) is 17.8 Å². The zero-order valence-corrected chi connectivity index (χ0v) is 14.9. The lowest BCUT2D eigenvalue weighted by atomic mass is 9.99. The van der Waals surface area contributed by atoms with Gasteiger partial charge in [0.25, 0.3) is 5.91 Å². The van der Waals surface area contributed by atoms with Crippen LogP contribution in [0.15, 0.2) is 24.3 Å². The summed E-state index contributed by atoms with van der Waals surface area (Å²) in [6, 6.07) is 7.99. The zero-order valence-electron chi connectivity index (χ0n) is 14.1. The quantitative estimate of drug-likeness (QED) is 0.778. The molecule has 134 valence electrons. The first-order chi connectivity index (χ1) is 12.1. The van der Waals surface area contributed by atoms with Gasteiger partial charge in [-0.05, 0) is 29.7 Å². The molecular weight excluding hydrogens is 338 g/mol. The van der Waals surface area contributed by atoms with Crippen LogP contribution in [0.4, 0.5) is 4.79 Å². The fourth-order valence-electron chi connectivity index (χ4n) is 3.95. The molecule has 1 aromatic carbocycles. The number of aliphatic hydroxyl groups excluding tert-OH is 1. The molecular formula is C18H23N3O3S. The lowest BCUT2D eigenvalue weighted by Crippen LogP contribution is -2.48. The SMILES string of the molecule is O=C1NC2(CCSC2)C(=O)N1CC(O)CN1CCc2ccccc2C1. The second-order valence-electron chi connectivity index (χ2n) is 7.14. The van der Waals surface area contributed by atoms with Gasteiger partial charge in [-0.25, -0.2) is 4.79 Å². The molecule has 6 nitrogen and oxygen atoms in total. The molecule has 0 bridgehead atoms. The highest BCUT2D eigenvalue weighted by Crippen LogP contribution is 2.33. The Hall–Kier alpha value is -1.57. The fraction of sp³-hybridized carbons (Fsp3) is 0.556. The van der Waals surface area contributed by atoms with Gasteiger partial charge >= 0.3 is 6.03 Å². The van der Waals surface area contributed by atoms with Crippen LogP contribution in [-0.4, -0.2) is 69.6 Å². The molecule has 7 heteroatoms. The Morgan fingerprint density at radius 1 is 1.24 bits per heavy atom. The standard InChI is InChI=1S/C18H23N3O3S/c22-15(10-20-7-5-13-3-1-2-4-14(13)9-20)11-21-16(23)18(19-17(21)24)6-8-25-12-18/h1-4,15,22H,5-12H2,(H,19,24). The summed E-state index contributed by atoms with van der Waals surface area (Å²) in [4.78, 5) is 28.2. The van der Waals surface area contributed by atoms with E-state index in [1.165, 1.54) is 16.0 Å². The minimum Gasteiger partial charge on any atom is -0.390 e. The number of carbonyl (C=O) groups excluding carboxylic acids is 2. The maximum atomic E-state index is 12.6. The number of rotatable bonds is 4. The van der Waals surface area contributed by atoms with Crippen LogP contribution in [0.1, 0.15) is 17.5 Å². The number of β-amino-alcohol motifs (C(OH)–C–C–N with tert-alkyl or cyclic N) is 1. The average Bonchev–Trinajstić information content (AvgIpc) is 3.16. The van der Waals surface area contributed by atoms with Crippen LogP contribution in [0.5, 0.6) is 0 Å². The summed E-state index contributed by atoms with van der Waals surface area (Å²) in [5.41, 5.74) is 1.92. The number of nitrogens with one attached hydrogen (secondary N) is 1. The Morgan fingerprint density at radius 3 is 2.80 bits per heavy atom. The largest absolute Gasteiger partial charge is 0.390 e. The van der Waals surface area contributed by atoms with E-state index in [0.717, 1.165) is 25.3 Å². The highest BCUT2D eigenvalue weighted by Gasteiger charge is 2.53. The predicted molar refractivity (Wildman–Crippen MR) is 96.3 cm³/mol. The van der Waals surface area contributed by atoms with E-state index in [0.29, 0.717) is 18.7 Å². The molecule has 2 atom stereocenters. The summed E-state index contributed by atoms with van der Waals surface area (Å²) in [6.07, 6.45) is 0.911. The maximum Gasteiger partial charge on any atom is 0.325 e. The number of thioether (sulfide) groups is 1. The number of carbonyl (C=O) groups is 2. The minimum atomic E-state index is -0.732. The van der Waals surface area contributed by atoms with E-state index in [1.807, 2.05) is 6.07 Å². The normalized spacial score (nSPS) is 27.6. The first kappa shape index (κ1) is 16.9. The second-order valence-corrected chi connectivity index (χ2v) is 8.24. The molecule has 0 saturated carbocycles. The van der Waals surface area contributed by atoms with E-state index in [1.54, 1.807) is 11.8 Å². The molecule has 2 saturated heterocycles. The molecule has 0 aromatic heterocycles. The Bertz CT molecular complexity index is 690. The first-order valence-electron chi connectivity index (χ1n) is 8.76.